The third-order valence-electron chi connectivity index (χ3n) is 5.33. The standard InChI is InChI=1S/C23H18N8S/c1-12(2)18-4-5-19(32-18)22-21-15(6-7-24-22)27-23(28-21)20-14-8-16(13-9-26-31(3)11-13)25-10-17(14)29-30-20/h4-11H,1H2,2-3H3,(H,27,28)(H,29,30). The second-order valence-electron chi connectivity index (χ2n) is 7.68. The lowest BCUT2D eigenvalue weighted by Gasteiger charge is -1.98. The maximum Gasteiger partial charge on any atom is 0.159 e. The summed E-state index contributed by atoms with van der Waals surface area (Å²) in [7, 11) is 1.89. The maximum absolute atomic E-state index is 4.89. The molecule has 0 bridgehead atoms. The molecule has 156 valence electrons. The Balaban J connectivity index is 1.49. The smallest absolute Gasteiger partial charge is 0.159 e. The number of pyridine rings is 2. The largest absolute Gasteiger partial charge is 0.336 e. The summed E-state index contributed by atoms with van der Waals surface area (Å²) in [6, 6.07) is 8.08. The summed E-state index contributed by atoms with van der Waals surface area (Å²) in [5.41, 5.74) is 6.97. The molecule has 6 rings (SSSR count). The van der Waals surface area contributed by atoms with Crippen LogP contribution < -0.4 is 0 Å². The number of aryl methyl sites for hydroxylation is 1. The molecular weight excluding hydrogens is 420 g/mol. The van der Waals surface area contributed by atoms with Crippen LogP contribution in [0, 0.1) is 0 Å². The summed E-state index contributed by atoms with van der Waals surface area (Å²) < 4.78 is 1.76. The molecule has 9 heteroatoms. The monoisotopic (exact) mass is 438 g/mol. The number of nitrogens with zero attached hydrogens (tertiary/aromatic N) is 6. The molecule has 0 aliphatic heterocycles. The van der Waals surface area contributed by atoms with Crippen molar-refractivity contribution in [3.8, 4) is 33.3 Å². The Kier molecular flexibility index (Phi) is 4.05. The molecule has 0 aromatic carbocycles. The molecule has 0 spiro atoms. The topological polar surface area (TPSA) is 101 Å². The summed E-state index contributed by atoms with van der Waals surface area (Å²) in [5, 5.41) is 12.8. The fraction of sp³-hybridized carbons (Fsp3) is 0.0870. The molecule has 2 N–H and O–H groups in total. The van der Waals surface area contributed by atoms with E-state index in [1.165, 1.54) is 0 Å². The first-order chi connectivity index (χ1) is 15.6. The molecule has 0 fully saturated rings. The van der Waals surface area contributed by atoms with E-state index in [4.69, 9.17) is 4.98 Å². The Labute approximate surface area is 186 Å². The second kappa shape index (κ2) is 6.96. The van der Waals surface area contributed by atoms with E-state index in [2.05, 4.69) is 49.0 Å². The highest BCUT2D eigenvalue weighted by atomic mass is 32.1. The Morgan fingerprint density at radius 3 is 2.78 bits per heavy atom. The normalized spacial score (nSPS) is 11.6. The van der Waals surface area contributed by atoms with E-state index in [-0.39, 0.29) is 0 Å². The minimum Gasteiger partial charge on any atom is -0.336 e. The van der Waals surface area contributed by atoms with Gasteiger partial charge in [-0.2, -0.15) is 10.2 Å². The van der Waals surface area contributed by atoms with Crippen LogP contribution in [0.25, 0.3) is 60.9 Å². The van der Waals surface area contributed by atoms with Gasteiger partial charge in [-0.15, -0.1) is 11.3 Å². The number of hydrogen-bond donors (Lipinski definition) is 2. The van der Waals surface area contributed by atoms with E-state index in [0.29, 0.717) is 5.82 Å². The maximum atomic E-state index is 4.89. The van der Waals surface area contributed by atoms with Gasteiger partial charge in [-0.1, -0.05) is 6.58 Å². The summed E-state index contributed by atoms with van der Waals surface area (Å²) >= 11 is 1.67. The molecule has 0 unspecified atom stereocenters. The van der Waals surface area contributed by atoms with Gasteiger partial charge in [0.05, 0.1) is 34.0 Å². The number of imidazole rings is 1. The molecule has 0 saturated carbocycles. The Morgan fingerprint density at radius 1 is 1.09 bits per heavy atom. The zero-order chi connectivity index (χ0) is 21.8. The van der Waals surface area contributed by atoms with Crippen molar-refractivity contribution in [3.63, 3.8) is 0 Å². The van der Waals surface area contributed by atoms with Gasteiger partial charge in [-0.25, -0.2) is 4.98 Å². The lowest BCUT2D eigenvalue weighted by atomic mass is 10.1. The SMILES string of the molecule is C=C(C)c1ccc(-c2nccc3[nH]c(-c4n[nH]c5cnc(-c6cnn(C)c6)cc45)nc23)s1. The van der Waals surface area contributed by atoms with E-state index in [1.54, 1.807) is 34.6 Å². The van der Waals surface area contributed by atoms with Gasteiger partial charge in [-0.3, -0.25) is 19.7 Å². The number of aromatic amines is 2. The number of thiophene rings is 1. The van der Waals surface area contributed by atoms with Gasteiger partial charge >= 0.3 is 0 Å². The van der Waals surface area contributed by atoms with Crippen molar-refractivity contribution in [3.05, 3.63) is 60.5 Å². The predicted octanol–water partition coefficient (Wildman–Crippen LogP) is 5.06. The third-order valence-corrected chi connectivity index (χ3v) is 6.59. The zero-order valence-electron chi connectivity index (χ0n) is 17.4. The number of aromatic nitrogens is 8. The summed E-state index contributed by atoms with van der Waals surface area (Å²) in [6.45, 7) is 6.05. The molecule has 6 aromatic rings. The van der Waals surface area contributed by atoms with E-state index in [9.17, 15) is 0 Å². The molecular formula is C23H18N8S. The highest BCUT2D eigenvalue weighted by Gasteiger charge is 2.17. The minimum atomic E-state index is 0.681. The molecule has 0 aliphatic rings. The van der Waals surface area contributed by atoms with Gasteiger partial charge < -0.3 is 4.98 Å². The second-order valence-corrected chi connectivity index (χ2v) is 8.76. The lowest BCUT2D eigenvalue weighted by Crippen LogP contribution is -1.85. The number of nitrogens with one attached hydrogen (secondary N) is 2. The highest BCUT2D eigenvalue weighted by molar-refractivity contribution is 7.16. The van der Waals surface area contributed by atoms with Crippen LogP contribution in [-0.4, -0.2) is 39.9 Å². The van der Waals surface area contributed by atoms with Crippen LogP contribution in [0.3, 0.4) is 0 Å². The van der Waals surface area contributed by atoms with Crippen LogP contribution in [0.4, 0.5) is 0 Å². The molecule has 6 aromatic heterocycles. The predicted molar refractivity (Wildman–Crippen MR) is 127 cm³/mol. The van der Waals surface area contributed by atoms with Crippen molar-refractivity contribution < 1.29 is 0 Å². The lowest BCUT2D eigenvalue weighted by molar-refractivity contribution is 0.768. The Bertz CT molecular complexity index is 1630. The minimum absolute atomic E-state index is 0.681. The van der Waals surface area contributed by atoms with Crippen LogP contribution in [-0.2, 0) is 7.05 Å². The molecule has 0 atom stereocenters. The number of allylic oxidation sites excluding steroid dienone is 1. The van der Waals surface area contributed by atoms with Crippen molar-refractivity contribution >= 4 is 38.8 Å². The number of rotatable bonds is 4. The van der Waals surface area contributed by atoms with Crippen LogP contribution in [0.1, 0.15) is 11.8 Å². The van der Waals surface area contributed by atoms with Crippen molar-refractivity contribution in [2.75, 3.05) is 0 Å². The van der Waals surface area contributed by atoms with Gasteiger partial charge in [0.1, 0.15) is 16.9 Å². The summed E-state index contributed by atoms with van der Waals surface area (Å²) in [6.07, 6.45) is 7.32. The van der Waals surface area contributed by atoms with Crippen molar-refractivity contribution in [2.24, 2.45) is 7.05 Å². The average molecular weight is 439 g/mol. The molecule has 32 heavy (non-hydrogen) atoms. The van der Waals surface area contributed by atoms with Crippen molar-refractivity contribution in [2.45, 2.75) is 6.92 Å². The van der Waals surface area contributed by atoms with Gasteiger partial charge in [0.25, 0.3) is 0 Å². The molecule has 6 heterocycles. The average Bonchev–Trinajstić information content (AvgIpc) is 3.56. The zero-order valence-corrected chi connectivity index (χ0v) is 18.2. The van der Waals surface area contributed by atoms with Gasteiger partial charge in [-0.05, 0) is 36.8 Å². The van der Waals surface area contributed by atoms with Crippen LogP contribution in [0.5, 0.6) is 0 Å². The number of hydrogen-bond acceptors (Lipinski definition) is 6. The first-order valence-corrected chi connectivity index (χ1v) is 10.8. The van der Waals surface area contributed by atoms with Crippen LogP contribution in [0.2, 0.25) is 0 Å². The fourth-order valence-electron chi connectivity index (χ4n) is 3.73. The third kappa shape index (κ3) is 2.94. The fourth-order valence-corrected chi connectivity index (χ4v) is 4.66. The first-order valence-electron chi connectivity index (χ1n) is 10.0. The molecule has 0 saturated heterocycles. The van der Waals surface area contributed by atoms with E-state index >= 15 is 0 Å². The van der Waals surface area contributed by atoms with Crippen LogP contribution in [0.15, 0.2) is 55.6 Å². The van der Waals surface area contributed by atoms with Gasteiger partial charge in [0.15, 0.2) is 5.82 Å². The number of fused-ring (bicyclic) bond motifs is 2. The van der Waals surface area contributed by atoms with Crippen molar-refractivity contribution in [1.82, 2.24) is 39.9 Å². The Morgan fingerprint density at radius 2 is 2.00 bits per heavy atom. The van der Waals surface area contributed by atoms with Crippen LogP contribution >= 0.6 is 11.3 Å². The molecule has 0 amide bonds. The molecule has 0 radical (unpaired) electrons. The van der Waals surface area contributed by atoms with Gasteiger partial charge in [0.2, 0.25) is 0 Å². The molecule has 8 nitrogen and oxygen atoms in total. The van der Waals surface area contributed by atoms with Gasteiger partial charge in [0, 0.05) is 35.3 Å². The number of H-pyrrole nitrogens is 2. The van der Waals surface area contributed by atoms with E-state index in [1.807, 2.05) is 32.3 Å². The van der Waals surface area contributed by atoms with E-state index in [0.717, 1.165) is 59.9 Å². The van der Waals surface area contributed by atoms with E-state index < -0.39 is 0 Å². The highest BCUT2D eigenvalue weighted by Crippen LogP contribution is 2.35. The Hall–Kier alpha value is -4.11. The first kappa shape index (κ1) is 18.6. The summed E-state index contributed by atoms with van der Waals surface area (Å²) in [5.74, 6) is 0.681. The molecule has 0 aliphatic carbocycles. The van der Waals surface area contributed by atoms with Crippen molar-refractivity contribution in [1.29, 1.82) is 0 Å². The quantitative estimate of drug-likeness (QED) is 0.401. The summed E-state index contributed by atoms with van der Waals surface area (Å²) in [4.78, 5) is 19.7.